The number of esters is 1. The minimum Gasteiger partial charge on any atom is -0.493 e. The van der Waals surface area contributed by atoms with E-state index in [0.717, 1.165) is 23.1 Å². The van der Waals surface area contributed by atoms with Crippen LogP contribution < -0.4 is 23.7 Å². The lowest BCUT2D eigenvalue weighted by atomic mass is 9.67. The molecule has 7 nitrogen and oxygen atoms in total. The highest BCUT2D eigenvalue weighted by molar-refractivity contribution is 5.78. The minimum absolute atomic E-state index is 0.106. The molecule has 29 heavy (non-hydrogen) atoms. The Morgan fingerprint density at radius 2 is 1.66 bits per heavy atom. The van der Waals surface area contributed by atoms with Crippen LogP contribution in [0.2, 0.25) is 0 Å². The van der Waals surface area contributed by atoms with Gasteiger partial charge in [0.15, 0.2) is 23.0 Å². The third-order valence-corrected chi connectivity index (χ3v) is 6.08. The maximum Gasteiger partial charge on any atom is 0.310 e. The SMILES string of the molecule is COc1cc2c(cc1OC)C(c1cc(OC)c3c(c1)OCO3)C1C(=O)OCC1C2. The van der Waals surface area contributed by atoms with Gasteiger partial charge in [-0.05, 0) is 47.4 Å². The van der Waals surface area contributed by atoms with E-state index in [9.17, 15) is 4.79 Å². The van der Waals surface area contributed by atoms with Gasteiger partial charge in [-0.3, -0.25) is 4.79 Å². The van der Waals surface area contributed by atoms with Crippen molar-refractivity contribution in [2.24, 2.45) is 11.8 Å². The molecule has 2 aromatic rings. The fourth-order valence-electron chi connectivity index (χ4n) is 4.77. The number of carbonyl (C=O) groups is 1. The zero-order valence-electron chi connectivity index (χ0n) is 16.5. The van der Waals surface area contributed by atoms with Crippen LogP contribution in [-0.4, -0.2) is 40.7 Å². The summed E-state index contributed by atoms with van der Waals surface area (Å²) >= 11 is 0. The molecule has 0 aromatic heterocycles. The van der Waals surface area contributed by atoms with Gasteiger partial charge in [-0.15, -0.1) is 0 Å². The molecule has 0 bridgehead atoms. The third-order valence-electron chi connectivity index (χ3n) is 6.08. The Kier molecular flexibility index (Phi) is 4.19. The molecule has 1 fully saturated rings. The topological polar surface area (TPSA) is 72.5 Å². The number of cyclic esters (lactones) is 1. The fraction of sp³-hybridized carbons (Fsp3) is 0.409. The number of methoxy groups -OCH3 is 3. The molecule has 1 aliphatic carbocycles. The Hall–Kier alpha value is -3.09. The van der Waals surface area contributed by atoms with Gasteiger partial charge in [-0.2, -0.15) is 0 Å². The summed E-state index contributed by atoms with van der Waals surface area (Å²) in [5.74, 6) is 2.57. The molecule has 3 aliphatic rings. The first-order valence-corrected chi connectivity index (χ1v) is 9.53. The number of hydrogen-bond donors (Lipinski definition) is 0. The maximum absolute atomic E-state index is 12.7. The van der Waals surface area contributed by atoms with E-state index in [4.69, 9.17) is 28.4 Å². The van der Waals surface area contributed by atoms with Gasteiger partial charge in [0.1, 0.15) is 0 Å². The number of hydrogen-bond acceptors (Lipinski definition) is 7. The maximum atomic E-state index is 12.7. The Balaban J connectivity index is 1.71. The predicted octanol–water partition coefficient (Wildman–Crippen LogP) is 2.92. The summed E-state index contributed by atoms with van der Waals surface area (Å²) < 4.78 is 33.2. The van der Waals surface area contributed by atoms with Crippen molar-refractivity contribution in [1.82, 2.24) is 0 Å². The van der Waals surface area contributed by atoms with Gasteiger partial charge in [0.05, 0.1) is 33.9 Å². The van der Waals surface area contributed by atoms with E-state index >= 15 is 0 Å². The van der Waals surface area contributed by atoms with Crippen molar-refractivity contribution in [2.75, 3.05) is 34.7 Å². The van der Waals surface area contributed by atoms with Crippen molar-refractivity contribution in [3.05, 3.63) is 41.0 Å². The van der Waals surface area contributed by atoms with Crippen LogP contribution in [0.1, 0.15) is 22.6 Å². The Labute approximate surface area is 168 Å². The van der Waals surface area contributed by atoms with Crippen molar-refractivity contribution in [2.45, 2.75) is 12.3 Å². The molecule has 0 amide bonds. The molecule has 5 rings (SSSR count). The van der Waals surface area contributed by atoms with Crippen LogP contribution in [0.3, 0.4) is 0 Å². The zero-order valence-corrected chi connectivity index (χ0v) is 16.5. The van der Waals surface area contributed by atoms with Crippen molar-refractivity contribution in [3.8, 4) is 28.7 Å². The number of fused-ring (bicyclic) bond motifs is 3. The minimum atomic E-state index is -0.273. The molecule has 0 radical (unpaired) electrons. The van der Waals surface area contributed by atoms with Gasteiger partial charge in [0.2, 0.25) is 12.5 Å². The van der Waals surface area contributed by atoms with Crippen LogP contribution in [0.15, 0.2) is 24.3 Å². The van der Waals surface area contributed by atoms with Crippen molar-refractivity contribution < 1.29 is 33.2 Å². The predicted molar refractivity (Wildman–Crippen MR) is 102 cm³/mol. The van der Waals surface area contributed by atoms with Crippen LogP contribution in [0, 0.1) is 11.8 Å². The van der Waals surface area contributed by atoms with Crippen LogP contribution in [-0.2, 0) is 16.0 Å². The Morgan fingerprint density at radius 3 is 2.41 bits per heavy atom. The summed E-state index contributed by atoms with van der Waals surface area (Å²) in [7, 11) is 4.83. The summed E-state index contributed by atoms with van der Waals surface area (Å²) in [6.45, 7) is 0.574. The number of ether oxygens (including phenoxy) is 6. The third kappa shape index (κ3) is 2.68. The standard InChI is InChI=1S/C22H22O7/c1-24-15-5-11-4-13-9-27-22(23)20(13)19(14(11)8-16(15)25-2)12-6-17(26-3)21-18(7-12)28-10-29-21/h5-8,13,19-20H,4,9-10H2,1-3H3. The van der Waals surface area contributed by atoms with E-state index in [1.165, 1.54) is 0 Å². The molecule has 0 saturated carbocycles. The second-order valence-corrected chi connectivity index (χ2v) is 7.46. The second-order valence-electron chi connectivity index (χ2n) is 7.46. The highest BCUT2D eigenvalue weighted by Gasteiger charge is 2.48. The van der Waals surface area contributed by atoms with Gasteiger partial charge >= 0.3 is 5.97 Å². The van der Waals surface area contributed by atoms with Gasteiger partial charge < -0.3 is 28.4 Å². The molecule has 0 spiro atoms. The highest BCUT2D eigenvalue weighted by atomic mass is 16.7. The van der Waals surface area contributed by atoms with E-state index in [2.05, 4.69) is 0 Å². The van der Waals surface area contributed by atoms with Gasteiger partial charge in [-0.25, -0.2) is 0 Å². The molecule has 3 unspecified atom stereocenters. The molecule has 2 heterocycles. The first-order chi connectivity index (χ1) is 14.1. The molecule has 152 valence electrons. The monoisotopic (exact) mass is 398 g/mol. The molecule has 3 atom stereocenters. The fourth-order valence-corrected chi connectivity index (χ4v) is 4.77. The van der Waals surface area contributed by atoms with Crippen LogP contribution in [0.25, 0.3) is 0 Å². The summed E-state index contributed by atoms with van der Waals surface area (Å²) in [5, 5.41) is 0. The quantitative estimate of drug-likeness (QED) is 0.733. The van der Waals surface area contributed by atoms with E-state index in [1.54, 1.807) is 21.3 Å². The summed E-state index contributed by atoms with van der Waals surface area (Å²) in [6, 6.07) is 7.83. The molecule has 1 saturated heterocycles. The van der Waals surface area contributed by atoms with Gasteiger partial charge in [-0.1, -0.05) is 0 Å². The highest BCUT2D eigenvalue weighted by Crippen LogP contribution is 2.52. The van der Waals surface area contributed by atoms with Gasteiger partial charge in [0.25, 0.3) is 0 Å². The van der Waals surface area contributed by atoms with E-state index in [0.29, 0.717) is 35.4 Å². The summed E-state index contributed by atoms with van der Waals surface area (Å²) in [6.07, 6.45) is 0.754. The molecule has 2 aromatic carbocycles. The lowest BCUT2D eigenvalue weighted by molar-refractivity contribution is -0.141. The number of rotatable bonds is 4. The molecular formula is C22H22O7. The lowest BCUT2D eigenvalue weighted by Crippen LogP contribution is -2.31. The van der Waals surface area contributed by atoms with Crippen LogP contribution >= 0.6 is 0 Å². The zero-order chi connectivity index (χ0) is 20.1. The average Bonchev–Trinajstić information content (AvgIpc) is 3.37. The van der Waals surface area contributed by atoms with Crippen molar-refractivity contribution in [3.63, 3.8) is 0 Å². The first kappa shape index (κ1) is 18.0. The first-order valence-electron chi connectivity index (χ1n) is 9.53. The summed E-state index contributed by atoms with van der Waals surface area (Å²) in [5.41, 5.74) is 3.08. The summed E-state index contributed by atoms with van der Waals surface area (Å²) in [4.78, 5) is 12.7. The molecular weight excluding hydrogens is 376 g/mol. The lowest BCUT2D eigenvalue weighted by Gasteiger charge is -2.34. The van der Waals surface area contributed by atoms with E-state index in [1.807, 2.05) is 24.3 Å². The second kappa shape index (κ2) is 6.76. The number of benzene rings is 2. The normalized spacial score (nSPS) is 23.8. The molecule has 0 N–H and O–H groups in total. The van der Waals surface area contributed by atoms with E-state index in [-0.39, 0.29) is 30.5 Å². The van der Waals surface area contributed by atoms with Crippen molar-refractivity contribution >= 4 is 5.97 Å². The Morgan fingerprint density at radius 1 is 0.897 bits per heavy atom. The Bertz CT molecular complexity index is 984. The van der Waals surface area contributed by atoms with Crippen LogP contribution in [0.5, 0.6) is 28.7 Å². The smallest absolute Gasteiger partial charge is 0.310 e. The molecule has 2 aliphatic heterocycles. The average molecular weight is 398 g/mol. The largest absolute Gasteiger partial charge is 0.493 e. The molecule has 7 heteroatoms. The van der Waals surface area contributed by atoms with E-state index < -0.39 is 0 Å². The van der Waals surface area contributed by atoms with Crippen molar-refractivity contribution in [1.29, 1.82) is 0 Å². The number of carbonyl (C=O) groups excluding carboxylic acids is 1. The van der Waals surface area contributed by atoms with Gasteiger partial charge in [0, 0.05) is 11.8 Å². The van der Waals surface area contributed by atoms with Crippen LogP contribution in [0.4, 0.5) is 0 Å².